The van der Waals surface area contributed by atoms with Crippen molar-refractivity contribution in [2.45, 2.75) is 38.9 Å². The molecule has 1 aliphatic rings. The van der Waals surface area contributed by atoms with Gasteiger partial charge in [0.05, 0.1) is 0 Å². The second-order valence-electron chi connectivity index (χ2n) is 8.29. The van der Waals surface area contributed by atoms with Crippen LogP contribution in [0.15, 0.2) is 72.8 Å². The second kappa shape index (κ2) is 8.34. The third kappa shape index (κ3) is 4.22. The molecule has 0 radical (unpaired) electrons. The Balaban J connectivity index is 1.63. The minimum Gasteiger partial charge on any atom is -0.350 e. The predicted molar refractivity (Wildman–Crippen MR) is 118 cm³/mol. The summed E-state index contributed by atoms with van der Waals surface area (Å²) in [4.78, 5) is 28.4. The third-order valence-corrected chi connectivity index (χ3v) is 5.94. The van der Waals surface area contributed by atoms with Crippen LogP contribution in [0.25, 0.3) is 0 Å². The van der Waals surface area contributed by atoms with Crippen LogP contribution in [0, 0.1) is 12.7 Å². The number of rotatable bonds is 5. The van der Waals surface area contributed by atoms with E-state index in [-0.39, 0.29) is 24.2 Å². The number of carbonyl (C=O) groups is 2. The van der Waals surface area contributed by atoms with Gasteiger partial charge in [-0.05, 0) is 48.7 Å². The molecule has 4 rings (SSSR count). The van der Waals surface area contributed by atoms with Gasteiger partial charge in [-0.1, -0.05) is 60.2 Å². The lowest BCUT2D eigenvalue weighted by Crippen LogP contribution is -2.62. The molecule has 3 aromatic rings. The van der Waals surface area contributed by atoms with Gasteiger partial charge in [0.2, 0.25) is 5.91 Å². The normalized spacial score (nSPS) is 17.9. The fourth-order valence-electron chi connectivity index (χ4n) is 4.02. The molecule has 0 unspecified atom stereocenters. The second-order valence-corrected chi connectivity index (χ2v) is 8.29. The smallest absolute Gasteiger partial charge is 0.255 e. The number of halogens is 1. The lowest BCUT2D eigenvalue weighted by molar-refractivity contribution is -0.132. The molecule has 1 N–H and O–H groups in total. The summed E-state index contributed by atoms with van der Waals surface area (Å²) in [5.41, 5.74) is 3.32. The number of hydrogen-bond donors (Lipinski definition) is 1. The molecule has 0 aromatic heterocycles. The van der Waals surface area contributed by atoms with Crippen LogP contribution in [0.2, 0.25) is 0 Å². The Morgan fingerprint density at radius 3 is 2.35 bits per heavy atom. The van der Waals surface area contributed by atoms with Crippen LogP contribution in [0.1, 0.15) is 39.5 Å². The maximum atomic E-state index is 13.4. The number of fused-ring (bicyclic) bond motifs is 1. The zero-order valence-electron chi connectivity index (χ0n) is 17.7. The summed E-state index contributed by atoms with van der Waals surface area (Å²) in [6.07, 6.45) is 0.413. The SMILES string of the molecule is Cc1ccc(CNC(=O)[C@@]2(C)Cc3ccccc3C(=O)N2Cc2ccc(F)cc2)cc1. The number of aryl methyl sites for hydroxylation is 1. The molecule has 2 amide bonds. The van der Waals surface area contributed by atoms with Crippen LogP contribution in [0.5, 0.6) is 0 Å². The molecule has 31 heavy (non-hydrogen) atoms. The predicted octanol–water partition coefficient (Wildman–Crippen LogP) is 4.41. The first-order valence-corrected chi connectivity index (χ1v) is 10.3. The highest BCUT2D eigenvalue weighted by Gasteiger charge is 2.46. The third-order valence-electron chi connectivity index (χ3n) is 5.94. The van der Waals surface area contributed by atoms with E-state index in [1.807, 2.05) is 49.4 Å². The van der Waals surface area contributed by atoms with E-state index in [1.54, 1.807) is 30.0 Å². The van der Waals surface area contributed by atoms with E-state index >= 15 is 0 Å². The van der Waals surface area contributed by atoms with Crippen molar-refractivity contribution in [3.05, 3.63) is 106 Å². The molecule has 0 spiro atoms. The van der Waals surface area contributed by atoms with Gasteiger partial charge in [0.25, 0.3) is 5.91 Å². The monoisotopic (exact) mass is 416 g/mol. The zero-order chi connectivity index (χ0) is 22.0. The highest BCUT2D eigenvalue weighted by atomic mass is 19.1. The van der Waals surface area contributed by atoms with E-state index in [0.717, 1.165) is 22.3 Å². The lowest BCUT2D eigenvalue weighted by Gasteiger charge is -2.44. The molecule has 4 nitrogen and oxygen atoms in total. The van der Waals surface area contributed by atoms with Gasteiger partial charge in [-0.15, -0.1) is 0 Å². The topological polar surface area (TPSA) is 49.4 Å². The van der Waals surface area contributed by atoms with Gasteiger partial charge in [-0.3, -0.25) is 9.59 Å². The molecule has 5 heteroatoms. The van der Waals surface area contributed by atoms with Crippen molar-refractivity contribution in [3.63, 3.8) is 0 Å². The van der Waals surface area contributed by atoms with Crippen LogP contribution in [-0.2, 0) is 24.3 Å². The van der Waals surface area contributed by atoms with E-state index in [4.69, 9.17) is 0 Å². The maximum absolute atomic E-state index is 13.4. The summed E-state index contributed by atoms with van der Waals surface area (Å²) in [5, 5.41) is 3.01. The Hall–Kier alpha value is -3.47. The molecule has 0 aliphatic carbocycles. The fraction of sp³-hybridized carbons (Fsp3) is 0.231. The van der Waals surface area contributed by atoms with E-state index in [9.17, 15) is 14.0 Å². The molecule has 1 aliphatic heterocycles. The molecular formula is C26H25FN2O2. The summed E-state index contributed by atoms with van der Waals surface area (Å²) in [5.74, 6) is -0.741. The van der Waals surface area contributed by atoms with Gasteiger partial charge < -0.3 is 10.2 Å². The summed E-state index contributed by atoms with van der Waals surface area (Å²) in [6.45, 7) is 4.42. The van der Waals surface area contributed by atoms with Gasteiger partial charge in [0, 0.05) is 25.1 Å². The minimum absolute atomic E-state index is 0.195. The van der Waals surface area contributed by atoms with Crippen molar-refractivity contribution in [2.75, 3.05) is 0 Å². The average Bonchev–Trinajstić information content (AvgIpc) is 2.77. The Kier molecular flexibility index (Phi) is 5.59. The first-order valence-electron chi connectivity index (χ1n) is 10.3. The van der Waals surface area contributed by atoms with E-state index in [1.165, 1.54) is 12.1 Å². The summed E-state index contributed by atoms with van der Waals surface area (Å²) in [6, 6.07) is 21.4. The number of benzene rings is 3. The summed E-state index contributed by atoms with van der Waals surface area (Å²) >= 11 is 0. The number of nitrogens with zero attached hydrogens (tertiary/aromatic N) is 1. The van der Waals surface area contributed by atoms with E-state index in [0.29, 0.717) is 18.5 Å². The van der Waals surface area contributed by atoms with Crippen LogP contribution in [0.3, 0.4) is 0 Å². The van der Waals surface area contributed by atoms with Crippen LogP contribution in [0.4, 0.5) is 4.39 Å². The Bertz CT molecular complexity index is 1110. The first-order chi connectivity index (χ1) is 14.9. The summed E-state index contributed by atoms with van der Waals surface area (Å²) < 4.78 is 13.4. The first kappa shape index (κ1) is 20.8. The molecule has 0 saturated heterocycles. The van der Waals surface area contributed by atoms with Gasteiger partial charge in [0.15, 0.2) is 0 Å². The highest BCUT2D eigenvalue weighted by molar-refractivity contribution is 6.02. The van der Waals surface area contributed by atoms with Gasteiger partial charge >= 0.3 is 0 Å². The van der Waals surface area contributed by atoms with Crippen molar-refractivity contribution >= 4 is 11.8 Å². The molecule has 1 atom stereocenters. The number of nitrogens with one attached hydrogen (secondary N) is 1. The quantitative estimate of drug-likeness (QED) is 0.670. The largest absolute Gasteiger partial charge is 0.350 e. The van der Waals surface area contributed by atoms with Crippen LogP contribution < -0.4 is 5.32 Å². The van der Waals surface area contributed by atoms with Crippen molar-refractivity contribution in [1.82, 2.24) is 10.2 Å². The zero-order valence-corrected chi connectivity index (χ0v) is 17.7. The highest BCUT2D eigenvalue weighted by Crippen LogP contribution is 2.33. The summed E-state index contributed by atoms with van der Waals surface area (Å²) in [7, 11) is 0. The van der Waals surface area contributed by atoms with Gasteiger partial charge in [-0.25, -0.2) is 4.39 Å². The number of hydrogen-bond acceptors (Lipinski definition) is 2. The van der Waals surface area contributed by atoms with Crippen molar-refractivity contribution in [3.8, 4) is 0 Å². The van der Waals surface area contributed by atoms with Gasteiger partial charge in [0.1, 0.15) is 11.4 Å². The van der Waals surface area contributed by atoms with E-state index < -0.39 is 5.54 Å². The average molecular weight is 416 g/mol. The Labute approximate surface area is 181 Å². The molecule has 158 valence electrons. The van der Waals surface area contributed by atoms with Crippen LogP contribution in [-0.4, -0.2) is 22.3 Å². The lowest BCUT2D eigenvalue weighted by atomic mass is 9.82. The molecule has 1 heterocycles. The van der Waals surface area contributed by atoms with Crippen LogP contribution >= 0.6 is 0 Å². The fourth-order valence-corrected chi connectivity index (χ4v) is 4.02. The number of amides is 2. The standard InChI is InChI=1S/C26H25FN2O2/c1-18-7-9-19(10-8-18)16-28-25(31)26(2)15-21-5-3-4-6-23(21)24(30)29(26)17-20-11-13-22(27)14-12-20/h3-14H,15-17H2,1-2H3,(H,28,31)/t26-/m1/s1. The molecular weight excluding hydrogens is 391 g/mol. The molecule has 0 fully saturated rings. The Morgan fingerprint density at radius 2 is 1.65 bits per heavy atom. The van der Waals surface area contributed by atoms with E-state index in [2.05, 4.69) is 5.32 Å². The minimum atomic E-state index is -1.06. The Morgan fingerprint density at radius 1 is 1.00 bits per heavy atom. The van der Waals surface area contributed by atoms with Crippen molar-refractivity contribution in [1.29, 1.82) is 0 Å². The molecule has 0 saturated carbocycles. The molecule has 3 aromatic carbocycles. The maximum Gasteiger partial charge on any atom is 0.255 e. The van der Waals surface area contributed by atoms with Crippen molar-refractivity contribution < 1.29 is 14.0 Å². The number of carbonyl (C=O) groups excluding carboxylic acids is 2. The van der Waals surface area contributed by atoms with Crippen molar-refractivity contribution in [2.24, 2.45) is 0 Å². The molecule has 0 bridgehead atoms. The van der Waals surface area contributed by atoms with Gasteiger partial charge in [-0.2, -0.15) is 0 Å².